The lowest BCUT2D eigenvalue weighted by molar-refractivity contribution is -0.305. The molecule has 0 saturated carbocycles. The predicted octanol–water partition coefficient (Wildman–Crippen LogP) is 6.38. The molecule has 4 aromatic rings. The molecule has 38 heavy (non-hydrogen) atoms. The van der Waals surface area contributed by atoms with E-state index in [1.54, 1.807) is 24.3 Å². The van der Waals surface area contributed by atoms with E-state index in [2.05, 4.69) is 0 Å². The van der Waals surface area contributed by atoms with Gasteiger partial charge in [0, 0.05) is 56.1 Å². The van der Waals surface area contributed by atoms with E-state index in [-0.39, 0.29) is 6.42 Å². The number of carbonyl (C=O) groups excluding carboxylic acids is 2. The van der Waals surface area contributed by atoms with Crippen LogP contribution in [0.15, 0.2) is 71.8 Å². The number of rotatable bonds is 6. The maximum atomic E-state index is 13.2. The van der Waals surface area contributed by atoms with Gasteiger partial charge in [-0.2, -0.15) is 5.10 Å². The monoisotopic (exact) mass is 564 g/mol. The average Bonchev–Trinajstić information content (AvgIpc) is 3.32. The zero-order chi connectivity index (χ0) is 27.0. The van der Waals surface area contributed by atoms with E-state index in [1.165, 1.54) is 5.01 Å². The molecule has 0 unspecified atom stereocenters. The van der Waals surface area contributed by atoms with Crippen LogP contribution in [0.1, 0.15) is 42.1 Å². The van der Waals surface area contributed by atoms with Gasteiger partial charge in [0.05, 0.1) is 17.3 Å². The van der Waals surface area contributed by atoms with Gasteiger partial charge in [0.15, 0.2) is 0 Å². The first-order valence-electron chi connectivity index (χ1n) is 11.9. The number of pyridine rings is 1. The minimum Gasteiger partial charge on any atom is -0.550 e. The fourth-order valence-electron chi connectivity index (χ4n) is 4.84. The third-order valence-electron chi connectivity index (χ3n) is 6.51. The lowest BCUT2D eigenvalue weighted by Crippen LogP contribution is -2.30. The van der Waals surface area contributed by atoms with Crippen LogP contribution < -0.4 is 5.11 Å². The van der Waals surface area contributed by atoms with Gasteiger partial charge < -0.3 is 9.90 Å². The molecule has 1 aliphatic rings. The van der Waals surface area contributed by atoms with Crippen LogP contribution in [0.5, 0.6) is 0 Å². The van der Waals surface area contributed by atoms with Crippen LogP contribution in [-0.2, 0) is 9.59 Å². The first-order chi connectivity index (χ1) is 18.2. The molecule has 0 spiro atoms. The highest BCUT2D eigenvalue weighted by atomic mass is 35.5. The maximum absolute atomic E-state index is 13.2. The standard InChI is InChI=1S/C29H22Cl3N3O3/c1-16-28(29(17-5-3-2-4-6-17)21-13-18(30)8-10-23(21)33-16)24-15-25(20-9-7-19(31)14-22(20)32)35(34-24)26(36)11-12-27(37)38/h2-10,13-14,25H,11-12,15H2,1H3,(H,37,38)/p-1/t25-/m1/s1. The molecule has 0 aliphatic carbocycles. The molecule has 6 nitrogen and oxygen atoms in total. The minimum absolute atomic E-state index is 0.253. The fourth-order valence-corrected chi connectivity index (χ4v) is 5.55. The van der Waals surface area contributed by atoms with E-state index in [4.69, 9.17) is 44.9 Å². The van der Waals surface area contributed by atoms with Crippen molar-refractivity contribution in [3.8, 4) is 11.1 Å². The number of amides is 1. The number of carbonyl (C=O) groups is 2. The Morgan fingerprint density at radius 1 is 0.947 bits per heavy atom. The van der Waals surface area contributed by atoms with Crippen LogP contribution in [-0.4, -0.2) is 27.6 Å². The van der Waals surface area contributed by atoms with Gasteiger partial charge in [0.25, 0.3) is 0 Å². The molecule has 192 valence electrons. The molecule has 1 aromatic heterocycles. The number of benzene rings is 3. The Hall–Kier alpha value is -3.45. The summed E-state index contributed by atoms with van der Waals surface area (Å²) in [6.07, 6.45) is -0.324. The van der Waals surface area contributed by atoms with Crippen molar-refractivity contribution in [3.05, 3.63) is 98.6 Å². The Morgan fingerprint density at radius 3 is 2.37 bits per heavy atom. The minimum atomic E-state index is -1.30. The summed E-state index contributed by atoms with van der Waals surface area (Å²) >= 11 is 19.1. The number of nitrogens with zero attached hydrogens (tertiary/aromatic N) is 3. The summed E-state index contributed by atoms with van der Waals surface area (Å²) < 4.78 is 0. The molecule has 0 saturated heterocycles. The van der Waals surface area contributed by atoms with Crippen molar-refractivity contribution in [3.63, 3.8) is 0 Å². The van der Waals surface area contributed by atoms with Crippen LogP contribution in [0.25, 0.3) is 22.0 Å². The van der Waals surface area contributed by atoms with Gasteiger partial charge in [0.1, 0.15) is 0 Å². The normalized spacial score (nSPS) is 15.1. The lowest BCUT2D eigenvalue weighted by Gasteiger charge is -2.23. The van der Waals surface area contributed by atoms with Crippen molar-refractivity contribution >= 4 is 63.3 Å². The largest absolute Gasteiger partial charge is 0.550 e. The average molecular weight is 566 g/mol. The number of hydrogen-bond donors (Lipinski definition) is 0. The summed E-state index contributed by atoms with van der Waals surface area (Å²) in [4.78, 5) is 29.1. The zero-order valence-electron chi connectivity index (χ0n) is 20.2. The Morgan fingerprint density at radius 2 is 1.66 bits per heavy atom. The van der Waals surface area contributed by atoms with E-state index < -0.39 is 24.3 Å². The molecule has 9 heteroatoms. The van der Waals surface area contributed by atoms with Gasteiger partial charge in [-0.25, -0.2) is 5.01 Å². The van der Waals surface area contributed by atoms with Gasteiger partial charge in [0.2, 0.25) is 5.91 Å². The highest BCUT2D eigenvalue weighted by Crippen LogP contribution is 2.42. The Kier molecular flexibility index (Phi) is 7.39. The van der Waals surface area contributed by atoms with E-state index in [9.17, 15) is 14.7 Å². The van der Waals surface area contributed by atoms with Crippen molar-refractivity contribution in [1.29, 1.82) is 0 Å². The molecule has 1 aliphatic heterocycles. The zero-order valence-corrected chi connectivity index (χ0v) is 22.5. The third kappa shape index (κ3) is 5.12. The van der Waals surface area contributed by atoms with Crippen molar-refractivity contribution in [2.24, 2.45) is 5.10 Å². The first-order valence-corrected chi connectivity index (χ1v) is 13.1. The summed E-state index contributed by atoms with van der Waals surface area (Å²) in [5, 5.41) is 19.4. The first kappa shape index (κ1) is 26.2. The summed E-state index contributed by atoms with van der Waals surface area (Å²) in [6, 6.07) is 19.9. The van der Waals surface area contributed by atoms with E-state index in [0.29, 0.717) is 32.8 Å². The van der Waals surface area contributed by atoms with Gasteiger partial charge in [-0.15, -0.1) is 0 Å². The Labute approximate surface area is 234 Å². The number of carboxylic acid groups (broad SMARTS) is 1. The summed E-state index contributed by atoms with van der Waals surface area (Å²) in [7, 11) is 0. The smallest absolute Gasteiger partial charge is 0.243 e. The quantitative estimate of drug-likeness (QED) is 0.272. The molecule has 0 radical (unpaired) electrons. The molecule has 1 atom stereocenters. The molecule has 3 aromatic carbocycles. The predicted molar refractivity (Wildman–Crippen MR) is 148 cm³/mol. The van der Waals surface area contributed by atoms with Gasteiger partial charge in [-0.05, 0) is 54.8 Å². The number of hydrogen-bond acceptors (Lipinski definition) is 5. The van der Waals surface area contributed by atoms with Crippen LogP contribution >= 0.6 is 34.8 Å². The molecule has 5 rings (SSSR count). The molecule has 2 heterocycles. The second-order valence-electron chi connectivity index (χ2n) is 9.02. The number of aryl methyl sites for hydroxylation is 1. The Balaban J connectivity index is 1.70. The van der Waals surface area contributed by atoms with Crippen molar-refractivity contribution in [2.45, 2.75) is 32.2 Å². The van der Waals surface area contributed by atoms with Crippen LogP contribution in [0.2, 0.25) is 15.1 Å². The van der Waals surface area contributed by atoms with Crippen LogP contribution in [0.3, 0.4) is 0 Å². The molecule has 0 N–H and O–H groups in total. The number of aromatic nitrogens is 1. The second kappa shape index (κ2) is 10.7. The summed E-state index contributed by atoms with van der Waals surface area (Å²) in [6.45, 7) is 1.91. The molecular weight excluding hydrogens is 545 g/mol. The third-order valence-corrected chi connectivity index (χ3v) is 7.31. The fraction of sp³-hybridized carbons (Fsp3) is 0.172. The SMILES string of the molecule is Cc1nc2ccc(Cl)cc2c(-c2ccccc2)c1C1=NN(C(=O)CCC(=O)[O-])[C@@H](c2ccc(Cl)cc2Cl)C1. The second-order valence-corrected chi connectivity index (χ2v) is 10.3. The Bertz CT molecular complexity index is 1610. The van der Waals surface area contributed by atoms with Crippen molar-refractivity contribution in [1.82, 2.24) is 9.99 Å². The van der Waals surface area contributed by atoms with E-state index >= 15 is 0 Å². The summed E-state index contributed by atoms with van der Waals surface area (Å²) in [5.74, 6) is -1.75. The molecule has 1 amide bonds. The molecular formula is C29H21Cl3N3O3-. The molecule has 0 fully saturated rings. The lowest BCUT2D eigenvalue weighted by atomic mass is 9.89. The van der Waals surface area contributed by atoms with Crippen LogP contribution in [0.4, 0.5) is 0 Å². The van der Waals surface area contributed by atoms with Gasteiger partial charge in [-0.1, -0.05) is 71.2 Å². The number of hydrazone groups is 1. The van der Waals surface area contributed by atoms with Crippen LogP contribution in [0, 0.1) is 6.92 Å². The van der Waals surface area contributed by atoms with E-state index in [1.807, 2.05) is 49.4 Å². The topological polar surface area (TPSA) is 85.7 Å². The van der Waals surface area contributed by atoms with Gasteiger partial charge in [-0.3, -0.25) is 9.78 Å². The number of aliphatic carboxylic acids is 1. The highest BCUT2D eigenvalue weighted by Gasteiger charge is 2.36. The van der Waals surface area contributed by atoms with Crippen molar-refractivity contribution in [2.75, 3.05) is 0 Å². The van der Waals surface area contributed by atoms with Crippen molar-refractivity contribution < 1.29 is 14.7 Å². The summed E-state index contributed by atoms with van der Waals surface area (Å²) in [5.41, 5.74) is 5.46. The molecule has 0 bridgehead atoms. The number of carboxylic acids is 1. The van der Waals surface area contributed by atoms with Gasteiger partial charge >= 0.3 is 0 Å². The highest BCUT2D eigenvalue weighted by molar-refractivity contribution is 6.35. The van der Waals surface area contributed by atoms with E-state index in [0.717, 1.165) is 33.3 Å². The maximum Gasteiger partial charge on any atom is 0.243 e. The number of halogens is 3. The number of fused-ring (bicyclic) bond motifs is 1.